The summed E-state index contributed by atoms with van der Waals surface area (Å²) in [6, 6.07) is 3.63. The minimum Gasteiger partial charge on any atom is -0.344 e. The standard InChI is InChI=1S/C10H17NO5P2/c1-3-9-5-4-6-11(7-9)8-10(17(2,12)13)18(14,15)16/h4-7,10H,3,8H2,1-2H3,(H2-,12,13,14,15,16)/p+1. The number of rotatable bonds is 5. The van der Waals surface area contributed by atoms with Crippen molar-refractivity contribution >= 4 is 15.0 Å². The van der Waals surface area contributed by atoms with Gasteiger partial charge < -0.3 is 14.7 Å². The Morgan fingerprint density at radius 3 is 2.39 bits per heavy atom. The smallest absolute Gasteiger partial charge is 0.344 e. The largest absolute Gasteiger partial charge is 0.344 e. The van der Waals surface area contributed by atoms with Crippen molar-refractivity contribution in [1.82, 2.24) is 0 Å². The molecule has 1 heterocycles. The van der Waals surface area contributed by atoms with Crippen LogP contribution < -0.4 is 4.57 Å². The fourth-order valence-corrected chi connectivity index (χ4v) is 4.75. The predicted octanol–water partition coefficient (Wildman–Crippen LogP) is 0.940. The molecule has 0 radical (unpaired) electrons. The maximum absolute atomic E-state index is 11.6. The van der Waals surface area contributed by atoms with Crippen LogP contribution in [0.4, 0.5) is 0 Å². The van der Waals surface area contributed by atoms with E-state index in [2.05, 4.69) is 0 Å². The zero-order valence-corrected chi connectivity index (χ0v) is 12.1. The second-order valence-electron chi connectivity index (χ2n) is 4.28. The molecule has 6 nitrogen and oxygen atoms in total. The van der Waals surface area contributed by atoms with Crippen LogP contribution in [0.5, 0.6) is 0 Å². The Morgan fingerprint density at radius 2 is 1.94 bits per heavy atom. The Labute approximate surface area is 106 Å². The van der Waals surface area contributed by atoms with E-state index in [0.29, 0.717) is 0 Å². The summed E-state index contributed by atoms with van der Waals surface area (Å²) in [6.07, 6.45) is 4.13. The van der Waals surface area contributed by atoms with E-state index in [0.717, 1.165) is 18.6 Å². The van der Waals surface area contributed by atoms with Gasteiger partial charge in [-0.25, -0.2) is 4.57 Å². The Morgan fingerprint density at radius 1 is 1.33 bits per heavy atom. The van der Waals surface area contributed by atoms with Crippen molar-refractivity contribution in [3.63, 3.8) is 0 Å². The van der Waals surface area contributed by atoms with Gasteiger partial charge in [0.2, 0.25) is 7.37 Å². The summed E-state index contributed by atoms with van der Waals surface area (Å²) in [5, 5.41) is -1.57. The molecule has 0 aliphatic rings. The van der Waals surface area contributed by atoms with Gasteiger partial charge in [0.25, 0.3) is 0 Å². The first-order chi connectivity index (χ1) is 8.14. The van der Waals surface area contributed by atoms with Gasteiger partial charge in [-0.15, -0.1) is 0 Å². The maximum Gasteiger partial charge on any atom is 0.344 e. The number of hydrogen-bond donors (Lipinski definition) is 3. The van der Waals surface area contributed by atoms with Gasteiger partial charge in [-0.1, -0.05) is 6.92 Å². The monoisotopic (exact) mass is 294 g/mol. The van der Waals surface area contributed by atoms with E-state index in [1.165, 1.54) is 4.57 Å². The molecule has 0 aliphatic carbocycles. The predicted molar refractivity (Wildman–Crippen MR) is 67.6 cm³/mol. The molecule has 0 saturated carbocycles. The van der Waals surface area contributed by atoms with Crippen LogP contribution in [0.1, 0.15) is 12.5 Å². The minimum absolute atomic E-state index is 0.178. The van der Waals surface area contributed by atoms with Crippen LogP contribution in [0.2, 0.25) is 0 Å². The molecule has 1 rings (SSSR count). The van der Waals surface area contributed by atoms with Gasteiger partial charge in [0, 0.05) is 18.3 Å². The fourth-order valence-electron chi connectivity index (χ4n) is 1.62. The van der Waals surface area contributed by atoms with Crippen LogP contribution in [0.15, 0.2) is 24.5 Å². The summed E-state index contributed by atoms with van der Waals surface area (Å²) < 4.78 is 24.4. The molecule has 1 aromatic rings. The Hall–Kier alpha value is -0.510. The van der Waals surface area contributed by atoms with Crippen LogP contribution in [-0.2, 0) is 22.1 Å². The molecule has 18 heavy (non-hydrogen) atoms. The van der Waals surface area contributed by atoms with E-state index in [1.54, 1.807) is 18.5 Å². The summed E-state index contributed by atoms with van der Waals surface area (Å²) in [5.41, 5.74) is 0.992. The third-order valence-electron chi connectivity index (χ3n) is 2.64. The van der Waals surface area contributed by atoms with Gasteiger partial charge in [0.15, 0.2) is 24.3 Å². The molecular weight excluding hydrogens is 276 g/mol. The van der Waals surface area contributed by atoms with Crippen LogP contribution in [0.3, 0.4) is 0 Å². The minimum atomic E-state index is -4.62. The van der Waals surface area contributed by atoms with Crippen molar-refractivity contribution in [2.75, 3.05) is 6.66 Å². The van der Waals surface area contributed by atoms with Gasteiger partial charge in [-0.05, 0) is 12.5 Å². The molecule has 0 amide bonds. The molecule has 2 unspecified atom stereocenters. The summed E-state index contributed by atoms with van der Waals surface area (Å²) >= 11 is 0. The average Bonchev–Trinajstić information content (AvgIpc) is 2.23. The van der Waals surface area contributed by atoms with Crippen molar-refractivity contribution in [1.29, 1.82) is 0 Å². The van der Waals surface area contributed by atoms with Crippen molar-refractivity contribution in [2.24, 2.45) is 0 Å². The first-order valence-electron chi connectivity index (χ1n) is 5.47. The highest BCUT2D eigenvalue weighted by molar-refractivity contribution is 7.73. The van der Waals surface area contributed by atoms with Gasteiger partial charge in [-0.3, -0.25) is 9.13 Å². The van der Waals surface area contributed by atoms with Crippen LogP contribution in [-0.4, -0.2) is 26.7 Å². The van der Waals surface area contributed by atoms with Crippen molar-refractivity contribution in [3.8, 4) is 0 Å². The second kappa shape index (κ2) is 5.64. The first-order valence-corrected chi connectivity index (χ1v) is 9.33. The number of pyridine rings is 1. The van der Waals surface area contributed by atoms with Crippen LogP contribution >= 0.6 is 15.0 Å². The lowest BCUT2D eigenvalue weighted by molar-refractivity contribution is -0.694. The number of hydrogen-bond acceptors (Lipinski definition) is 2. The van der Waals surface area contributed by atoms with Crippen molar-refractivity contribution in [2.45, 2.75) is 25.3 Å². The van der Waals surface area contributed by atoms with Crippen LogP contribution in [0.25, 0.3) is 0 Å². The molecule has 2 atom stereocenters. The maximum atomic E-state index is 11.6. The Bertz CT molecular complexity index is 485. The molecular formula is C10H18NO5P2+. The highest BCUT2D eigenvalue weighted by Crippen LogP contribution is 2.60. The van der Waals surface area contributed by atoms with Crippen LogP contribution in [0, 0.1) is 0 Å². The lowest BCUT2D eigenvalue weighted by Crippen LogP contribution is -2.39. The Kier molecular flexibility index (Phi) is 4.87. The van der Waals surface area contributed by atoms with E-state index in [9.17, 15) is 14.0 Å². The van der Waals surface area contributed by atoms with Crippen molar-refractivity contribution in [3.05, 3.63) is 30.1 Å². The van der Waals surface area contributed by atoms with Crippen molar-refractivity contribution < 1.29 is 28.4 Å². The third-order valence-corrected chi connectivity index (χ3v) is 7.04. The summed E-state index contributed by atoms with van der Waals surface area (Å²) in [7, 11) is -8.49. The number of aromatic nitrogens is 1. The quantitative estimate of drug-likeness (QED) is 0.554. The highest BCUT2D eigenvalue weighted by Gasteiger charge is 2.43. The molecule has 0 saturated heterocycles. The van der Waals surface area contributed by atoms with Gasteiger partial charge in [-0.2, -0.15) is 0 Å². The molecule has 3 N–H and O–H groups in total. The third kappa shape index (κ3) is 4.30. The molecule has 0 aliphatic heterocycles. The molecule has 1 aromatic heterocycles. The summed E-state index contributed by atoms with van der Waals surface area (Å²) in [5.74, 6) is 0. The summed E-state index contributed by atoms with van der Waals surface area (Å²) in [4.78, 5) is 27.8. The normalized spacial score (nSPS) is 17.2. The summed E-state index contributed by atoms with van der Waals surface area (Å²) in [6.45, 7) is 2.75. The van der Waals surface area contributed by atoms with E-state index in [1.807, 2.05) is 13.0 Å². The van der Waals surface area contributed by atoms with E-state index < -0.39 is 20.4 Å². The fraction of sp³-hybridized carbons (Fsp3) is 0.500. The molecule has 0 aromatic carbocycles. The van der Waals surface area contributed by atoms with E-state index >= 15 is 0 Å². The van der Waals surface area contributed by atoms with E-state index in [-0.39, 0.29) is 6.54 Å². The van der Waals surface area contributed by atoms with Gasteiger partial charge in [0.1, 0.15) is 0 Å². The number of nitrogens with zero attached hydrogens (tertiary/aromatic N) is 1. The topological polar surface area (TPSA) is 98.7 Å². The first kappa shape index (κ1) is 15.5. The second-order valence-corrected chi connectivity index (χ2v) is 8.99. The zero-order valence-electron chi connectivity index (χ0n) is 10.3. The average molecular weight is 294 g/mol. The SMILES string of the molecule is CCc1ccc[n+](CC(P(C)(=O)O)P(=O)(O)O)c1. The lowest BCUT2D eigenvalue weighted by Gasteiger charge is -2.18. The Balaban J connectivity index is 3.04. The molecule has 0 spiro atoms. The lowest BCUT2D eigenvalue weighted by atomic mass is 10.2. The molecule has 0 fully saturated rings. The van der Waals surface area contributed by atoms with Gasteiger partial charge in [0.05, 0.1) is 0 Å². The van der Waals surface area contributed by atoms with E-state index in [4.69, 9.17) is 9.79 Å². The molecule has 0 bridgehead atoms. The molecule has 8 heteroatoms. The number of aryl methyl sites for hydroxylation is 1. The van der Waals surface area contributed by atoms with Gasteiger partial charge >= 0.3 is 7.60 Å². The zero-order chi connectivity index (χ0) is 14.0. The highest BCUT2D eigenvalue weighted by atomic mass is 31.2. The molecule has 102 valence electrons.